The van der Waals surface area contributed by atoms with E-state index in [0.717, 1.165) is 4.68 Å². The maximum absolute atomic E-state index is 12.9. The number of carbonyl (C=O) groups excluding carboxylic acids is 2. The van der Waals surface area contributed by atoms with Crippen molar-refractivity contribution < 1.29 is 18.7 Å². The summed E-state index contributed by atoms with van der Waals surface area (Å²) in [6.07, 6.45) is -1.12. The van der Waals surface area contributed by atoms with Crippen LogP contribution in [0.25, 0.3) is 10.8 Å². The molecular weight excluding hydrogens is 381 g/mol. The molecule has 3 rings (SSSR count). The Bertz CT molecular complexity index is 1170. The van der Waals surface area contributed by atoms with Crippen LogP contribution in [0.5, 0.6) is 0 Å². The number of ether oxygens (including phenoxy) is 1. The van der Waals surface area contributed by atoms with Crippen molar-refractivity contribution in [2.75, 3.05) is 0 Å². The van der Waals surface area contributed by atoms with Gasteiger partial charge in [0.2, 0.25) is 0 Å². The molecule has 0 fully saturated rings. The summed E-state index contributed by atoms with van der Waals surface area (Å²) in [6, 6.07) is 11.8. The van der Waals surface area contributed by atoms with Gasteiger partial charge in [0.25, 0.3) is 17.0 Å². The Morgan fingerprint density at radius 1 is 1.10 bits per heavy atom. The van der Waals surface area contributed by atoms with Gasteiger partial charge in [0.05, 0.1) is 10.8 Å². The fraction of sp³-hybridized carbons (Fsp3) is 0.200. The molecule has 8 nitrogen and oxygen atoms in total. The van der Waals surface area contributed by atoms with Crippen molar-refractivity contribution in [1.82, 2.24) is 15.1 Å². The number of fused-ring (bicyclic) bond motifs is 1. The molecule has 2 N–H and O–H groups in total. The van der Waals surface area contributed by atoms with Gasteiger partial charge in [-0.3, -0.25) is 24.3 Å². The molecule has 0 aliphatic heterocycles. The van der Waals surface area contributed by atoms with E-state index in [9.17, 15) is 23.6 Å². The maximum atomic E-state index is 12.9. The first-order valence-corrected chi connectivity index (χ1v) is 8.78. The standard InChI is InChI=1S/C20H18FN3O5/c1-12(18(26)22-10-13-6-8-14(21)9-7-13)29-17(25)11-24-20(28)16-5-3-2-4-15(16)19(27)23-24/h2-9,12H,10-11H2,1H3,(H,22,26)(H,23,27). The number of aromatic amines is 1. The molecule has 0 aliphatic carbocycles. The summed E-state index contributed by atoms with van der Waals surface area (Å²) in [6.45, 7) is 0.969. The van der Waals surface area contributed by atoms with E-state index in [1.807, 2.05) is 0 Å². The lowest BCUT2D eigenvalue weighted by Gasteiger charge is -2.14. The maximum Gasteiger partial charge on any atom is 0.328 e. The van der Waals surface area contributed by atoms with Crippen LogP contribution < -0.4 is 16.4 Å². The highest BCUT2D eigenvalue weighted by molar-refractivity contribution is 5.83. The molecule has 0 saturated heterocycles. The van der Waals surface area contributed by atoms with Crippen LogP contribution >= 0.6 is 0 Å². The van der Waals surface area contributed by atoms with Crippen molar-refractivity contribution in [2.24, 2.45) is 0 Å². The van der Waals surface area contributed by atoms with Crippen LogP contribution in [0.15, 0.2) is 58.1 Å². The SMILES string of the molecule is CC(OC(=O)Cn1[nH]c(=O)c2ccccc2c1=O)C(=O)NCc1ccc(F)cc1. The first kappa shape index (κ1) is 20.0. The van der Waals surface area contributed by atoms with Crippen LogP contribution in [0, 0.1) is 5.82 Å². The molecular formula is C20H18FN3O5. The molecule has 1 atom stereocenters. The molecule has 0 bridgehead atoms. The highest BCUT2D eigenvalue weighted by Crippen LogP contribution is 2.04. The summed E-state index contributed by atoms with van der Waals surface area (Å²) in [5.74, 6) is -1.80. The molecule has 29 heavy (non-hydrogen) atoms. The number of nitrogens with zero attached hydrogens (tertiary/aromatic N) is 1. The van der Waals surface area contributed by atoms with Crippen molar-refractivity contribution in [1.29, 1.82) is 0 Å². The van der Waals surface area contributed by atoms with E-state index in [2.05, 4.69) is 10.4 Å². The van der Waals surface area contributed by atoms with Gasteiger partial charge in [-0.1, -0.05) is 24.3 Å². The number of amides is 1. The monoisotopic (exact) mass is 399 g/mol. The molecule has 0 saturated carbocycles. The summed E-state index contributed by atoms with van der Waals surface area (Å²) < 4.78 is 18.8. The Morgan fingerprint density at radius 3 is 2.45 bits per heavy atom. The number of benzene rings is 2. The third-order valence-electron chi connectivity index (χ3n) is 4.23. The zero-order valence-electron chi connectivity index (χ0n) is 15.5. The van der Waals surface area contributed by atoms with Crippen molar-refractivity contribution >= 4 is 22.6 Å². The van der Waals surface area contributed by atoms with Crippen LogP contribution in [0.3, 0.4) is 0 Å². The minimum absolute atomic E-state index is 0.137. The zero-order valence-corrected chi connectivity index (χ0v) is 15.5. The summed E-state index contributed by atoms with van der Waals surface area (Å²) in [5.41, 5.74) is -0.387. The van der Waals surface area contributed by atoms with Gasteiger partial charge in [-0.15, -0.1) is 0 Å². The topological polar surface area (TPSA) is 110 Å². The Morgan fingerprint density at radius 2 is 1.76 bits per heavy atom. The number of rotatable bonds is 6. The number of H-pyrrole nitrogens is 1. The van der Waals surface area contributed by atoms with E-state index in [1.165, 1.54) is 43.3 Å². The number of halogens is 1. The fourth-order valence-electron chi connectivity index (χ4n) is 2.71. The smallest absolute Gasteiger partial charge is 0.328 e. The van der Waals surface area contributed by atoms with E-state index in [0.29, 0.717) is 5.56 Å². The second-order valence-electron chi connectivity index (χ2n) is 6.35. The molecule has 1 heterocycles. The van der Waals surface area contributed by atoms with Crippen LogP contribution in [0.1, 0.15) is 12.5 Å². The number of nitrogens with one attached hydrogen (secondary N) is 2. The van der Waals surface area contributed by atoms with E-state index < -0.39 is 35.6 Å². The quantitative estimate of drug-likeness (QED) is 0.603. The first-order valence-electron chi connectivity index (χ1n) is 8.78. The summed E-state index contributed by atoms with van der Waals surface area (Å²) in [5, 5.41) is 5.28. The summed E-state index contributed by atoms with van der Waals surface area (Å²) in [7, 11) is 0. The second kappa shape index (κ2) is 8.51. The molecule has 0 spiro atoms. The molecule has 1 unspecified atom stereocenters. The van der Waals surface area contributed by atoms with E-state index in [-0.39, 0.29) is 23.1 Å². The van der Waals surface area contributed by atoms with Gasteiger partial charge in [0.1, 0.15) is 12.4 Å². The Hall–Kier alpha value is -3.75. The number of carbonyl (C=O) groups is 2. The van der Waals surface area contributed by atoms with Crippen molar-refractivity contribution in [2.45, 2.75) is 26.1 Å². The summed E-state index contributed by atoms with van der Waals surface area (Å²) in [4.78, 5) is 48.6. The van der Waals surface area contributed by atoms with Crippen molar-refractivity contribution in [3.8, 4) is 0 Å². The van der Waals surface area contributed by atoms with Gasteiger partial charge in [-0.25, -0.2) is 9.07 Å². The average molecular weight is 399 g/mol. The minimum atomic E-state index is -1.12. The molecule has 2 aromatic carbocycles. The lowest BCUT2D eigenvalue weighted by atomic mass is 10.2. The Balaban J connectivity index is 1.61. The number of aromatic nitrogens is 2. The van der Waals surface area contributed by atoms with Gasteiger partial charge in [0, 0.05) is 6.54 Å². The minimum Gasteiger partial charge on any atom is -0.451 e. The second-order valence-corrected chi connectivity index (χ2v) is 6.35. The highest BCUT2D eigenvalue weighted by Gasteiger charge is 2.19. The van der Waals surface area contributed by atoms with E-state index in [4.69, 9.17) is 4.74 Å². The van der Waals surface area contributed by atoms with Crippen LogP contribution in [-0.2, 0) is 27.4 Å². The molecule has 9 heteroatoms. The Labute approximate surface area is 163 Å². The van der Waals surface area contributed by atoms with Crippen molar-refractivity contribution in [3.05, 3.63) is 80.6 Å². The lowest BCUT2D eigenvalue weighted by Crippen LogP contribution is -2.38. The lowest BCUT2D eigenvalue weighted by molar-refractivity contribution is -0.155. The predicted octanol–water partition coefficient (Wildman–Crippen LogP) is 1.08. The number of hydrogen-bond donors (Lipinski definition) is 2. The highest BCUT2D eigenvalue weighted by atomic mass is 19.1. The Kier molecular flexibility index (Phi) is 5.87. The van der Waals surface area contributed by atoms with Gasteiger partial charge >= 0.3 is 5.97 Å². The molecule has 1 aromatic heterocycles. The molecule has 1 amide bonds. The van der Waals surface area contributed by atoms with Gasteiger partial charge < -0.3 is 10.1 Å². The number of esters is 1. The van der Waals surface area contributed by atoms with Gasteiger partial charge in [0.15, 0.2) is 6.10 Å². The van der Waals surface area contributed by atoms with Crippen molar-refractivity contribution in [3.63, 3.8) is 0 Å². The van der Waals surface area contributed by atoms with E-state index in [1.54, 1.807) is 12.1 Å². The fourth-order valence-corrected chi connectivity index (χ4v) is 2.71. The predicted molar refractivity (Wildman–Crippen MR) is 103 cm³/mol. The third-order valence-corrected chi connectivity index (χ3v) is 4.23. The van der Waals surface area contributed by atoms with Crippen LogP contribution in [-0.4, -0.2) is 27.8 Å². The van der Waals surface area contributed by atoms with Gasteiger partial charge in [-0.2, -0.15) is 0 Å². The molecule has 0 radical (unpaired) electrons. The van der Waals surface area contributed by atoms with Crippen LogP contribution in [0.4, 0.5) is 4.39 Å². The molecule has 3 aromatic rings. The molecule has 0 aliphatic rings. The average Bonchev–Trinajstić information content (AvgIpc) is 2.71. The molecule has 150 valence electrons. The summed E-state index contributed by atoms with van der Waals surface area (Å²) >= 11 is 0. The third kappa shape index (κ3) is 4.75. The van der Waals surface area contributed by atoms with Crippen LogP contribution in [0.2, 0.25) is 0 Å². The normalized spacial score (nSPS) is 11.8. The first-order chi connectivity index (χ1) is 13.8. The van der Waals surface area contributed by atoms with Gasteiger partial charge in [-0.05, 0) is 36.8 Å². The zero-order chi connectivity index (χ0) is 21.0. The number of hydrogen-bond acceptors (Lipinski definition) is 5. The van der Waals surface area contributed by atoms with E-state index >= 15 is 0 Å². The largest absolute Gasteiger partial charge is 0.451 e.